The second-order valence-electron chi connectivity index (χ2n) is 7.45. The Bertz CT molecular complexity index is 934. The molecule has 0 saturated heterocycles. The van der Waals surface area contributed by atoms with E-state index in [0.717, 1.165) is 12.0 Å². The Labute approximate surface area is 155 Å². The van der Waals surface area contributed by atoms with Gasteiger partial charge in [-0.1, -0.05) is 6.07 Å². The van der Waals surface area contributed by atoms with Crippen molar-refractivity contribution in [3.63, 3.8) is 0 Å². The summed E-state index contributed by atoms with van der Waals surface area (Å²) in [6, 6.07) is 9.10. The molecule has 3 aliphatic rings. The molecule has 0 bridgehead atoms. The number of aliphatic hydroxyl groups excluding tert-OH is 1. The van der Waals surface area contributed by atoms with E-state index in [1.165, 1.54) is 6.20 Å². The van der Waals surface area contributed by atoms with Crippen molar-refractivity contribution in [3.8, 4) is 16.9 Å². The number of amidine groups is 1. The number of aliphatic hydroxyl groups is 1. The Balaban J connectivity index is 1.68. The highest BCUT2D eigenvalue weighted by Crippen LogP contribution is 2.53. The molecule has 3 heterocycles. The summed E-state index contributed by atoms with van der Waals surface area (Å²) >= 11 is 0. The van der Waals surface area contributed by atoms with Gasteiger partial charge in [-0.2, -0.15) is 4.39 Å². The van der Waals surface area contributed by atoms with Crippen LogP contribution in [0.2, 0.25) is 0 Å². The Morgan fingerprint density at radius 2 is 2.15 bits per heavy atom. The van der Waals surface area contributed by atoms with Crippen LogP contribution in [0.3, 0.4) is 0 Å². The minimum atomic E-state index is -0.724. The molecule has 27 heavy (non-hydrogen) atoms. The fourth-order valence-electron chi connectivity index (χ4n) is 4.64. The quantitative estimate of drug-likeness (QED) is 0.753. The van der Waals surface area contributed by atoms with Crippen LogP contribution in [0.1, 0.15) is 24.8 Å². The van der Waals surface area contributed by atoms with Crippen molar-refractivity contribution in [2.75, 3.05) is 6.61 Å². The molecule has 6 nitrogen and oxygen atoms in total. The summed E-state index contributed by atoms with van der Waals surface area (Å²) in [5.41, 5.74) is 7.08. The van der Waals surface area contributed by atoms with Gasteiger partial charge >= 0.3 is 0 Å². The van der Waals surface area contributed by atoms with E-state index in [0.29, 0.717) is 36.3 Å². The van der Waals surface area contributed by atoms with Crippen molar-refractivity contribution in [1.82, 2.24) is 4.98 Å². The SMILES string of the molecule is NC1=NC2(CO1)c1cc(-c3cccnc3F)ccc1OC1CCC(O)CC12. The van der Waals surface area contributed by atoms with Crippen molar-refractivity contribution in [1.29, 1.82) is 0 Å². The molecule has 5 rings (SSSR count). The number of benzene rings is 1. The van der Waals surface area contributed by atoms with Crippen LogP contribution in [0.5, 0.6) is 5.75 Å². The molecule has 140 valence electrons. The van der Waals surface area contributed by atoms with Gasteiger partial charge in [0, 0.05) is 23.2 Å². The highest BCUT2D eigenvalue weighted by atomic mass is 19.1. The predicted molar refractivity (Wildman–Crippen MR) is 96.6 cm³/mol. The molecule has 4 atom stereocenters. The number of ether oxygens (including phenoxy) is 2. The minimum absolute atomic E-state index is 0.0520. The normalized spacial score (nSPS) is 31.5. The molecular formula is C20H20FN3O3. The van der Waals surface area contributed by atoms with Gasteiger partial charge in [-0.3, -0.25) is 0 Å². The summed E-state index contributed by atoms with van der Waals surface area (Å²) in [5, 5.41) is 10.2. The van der Waals surface area contributed by atoms with Crippen molar-refractivity contribution < 1.29 is 19.0 Å². The molecule has 7 heteroatoms. The van der Waals surface area contributed by atoms with Gasteiger partial charge in [0.15, 0.2) is 0 Å². The zero-order valence-electron chi connectivity index (χ0n) is 14.6. The largest absolute Gasteiger partial charge is 0.490 e. The number of hydrogen-bond donors (Lipinski definition) is 2. The second kappa shape index (κ2) is 5.92. The average Bonchev–Trinajstić information content (AvgIpc) is 3.06. The van der Waals surface area contributed by atoms with Crippen LogP contribution in [0, 0.1) is 11.9 Å². The third-order valence-electron chi connectivity index (χ3n) is 5.92. The van der Waals surface area contributed by atoms with Crippen LogP contribution < -0.4 is 10.5 Å². The van der Waals surface area contributed by atoms with E-state index >= 15 is 0 Å². The molecule has 3 N–H and O–H groups in total. The van der Waals surface area contributed by atoms with E-state index in [-0.39, 0.29) is 18.0 Å². The molecule has 1 saturated carbocycles. The highest BCUT2D eigenvalue weighted by molar-refractivity contribution is 5.75. The second-order valence-corrected chi connectivity index (χ2v) is 7.45. The first-order valence-corrected chi connectivity index (χ1v) is 9.15. The van der Waals surface area contributed by atoms with Crippen LogP contribution in [0.15, 0.2) is 41.5 Å². The molecule has 1 fully saturated rings. The number of nitrogens with zero attached hydrogens (tertiary/aromatic N) is 2. The highest BCUT2D eigenvalue weighted by Gasteiger charge is 2.55. The molecule has 1 aliphatic carbocycles. The molecule has 1 spiro atoms. The van der Waals surface area contributed by atoms with Gasteiger partial charge in [-0.05, 0) is 49.1 Å². The van der Waals surface area contributed by atoms with Gasteiger partial charge in [0.2, 0.25) is 5.95 Å². The molecule has 0 amide bonds. The number of hydrogen-bond acceptors (Lipinski definition) is 6. The molecule has 0 radical (unpaired) electrons. The fraction of sp³-hybridized carbons (Fsp3) is 0.400. The third kappa shape index (κ3) is 2.49. The summed E-state index contributed by atoms with van der Waals surface area (Å²) in [6.07, 6.45) is 2.98. The maximum absolute atomic E-state index is 14.2. The minimum Gasteiger partial charge on any atom is -0.490 e. The lowest BCUT2D eigenvalue weighted by molar-refractivity contribution is -0.0359. The lowest BCUT2D eigenvalue weighted by atomic mass is 9.67. The van der Waals surface area contributed by atoms with Crippen LogP contribution >= 0.6 is 0 Å². The molecule has 1 aromatic heterocycles. The van der Waals surface area contributed by atoms with E-state index in [1.54, 1.807) is 12.1 Å². The number of pyridine rings is 1. The average molecular weight is 369 g/mol. The lowest BCUT2D eigenvalue weighted by Crippen LogP contribution is -2.51. The number of halogens is 1. The van der Waals surface area contributed by atoms with Crippen LogP contribution in [-0.2, 0) is 10.3 Å². The fourth-order valence-corrected chi connectivity index (χ4v) is 4.64. The van der Waals surface area contributed by atoms with Crippen LogP contribution in [-0.4, -0.2) is 34.9 Å². The zero-order valence-corrected chi connectivity index (χ0v) is 14.6. The third-order valence-corrected chi connectivity index (χ3v) is 5.92. The van der Waals surface area contributed by atoms with Crippen LogP contribution in [0.25, 0.3) is 11.1 Å². The monoisotopic (exact) mass is 369 g/mol. The molecule has 2 aliphatic heterocycles. The van der Waals surface area contributed by atoms with Crippen molar-refractivity contribution in [2.45, 2.75) is 37.0 Å². The first-order chi connectivity index (χ1) is 13.1. The summed E-state index contributed by atoms with van der Waals surface area (Å²) in [7, 11) is 0. The first kappa shape index (κ1) is 16.5. The summed E-state index contributed by atoms with van der Waals surface area (Å²) < 4.78 is 26.0. The van der Waals surface area contributed by atoms with E-state index < -0.39 is 17.6 Å². The Hall–Kier alpha value is -2.67. The summed E-state index contributed by atoms with van der Waals surface area (Å²) in [4.78, 5) is 8.41. The molecule has 2 aromatic rings. The van der Waals surface area contributed by atoms with Gasteiger partial charge < -0.3 is 20.3 Å². The van der Waals surface area contributed by atoms with Crippen LogP contribution in [0.4, 0.5) is 4.39 Å². The molecule has 4 unspecified atom stereocenters. The zero-order chi connectivity index (χ0) is 18.6. The van der Waals surface area contributed by atoms with Crippen molar-refractivity contribution >= 4 is 6.02 Å². The Morgan fingerprint density at radius 3 is 2.93 bits per heavy atom. The number of nitrogens with two attached hydrogens (primary N) is 1. The van der Waals surface area contributed by atoms with E-state index in [1.807, 2.05) is 18.2 Å². The van der Waals surface area contributed by atoms with E-state index in [2.05, 4.69) is 9.98 Å². The molecule has 1 aromatic carbocycles. The number of rotatable bonds is 1. The van der Waals surface area contributed by atoms with Gasteiger partial charge in [-0.25, -0.2) is 9.98 Å². The summed E-state index contributed by atoms with van der Waals surface area (Å²) in [5.74, 6) is 0.131. The smallest absolute Gasteiger partial charge is 0.283 e. The van der Waals surface area contributed by atoms with Gasteiger partial charge in [0.1, 0.15) is 24.0 Å². The maximum atomic E-state index is 14.2. The number of aromatic nitrogens is 1. The maximum Gasteiger partial charge on any atom is 0.283 e. The Morgan fingerprint density at radius 1 is 1.26 bits per heavy atom. The van der Waals surface area contributed by atoms with Crippen molar-refractivity contribution in [2.24, 2.45) is 16.6 Å². The predicted octanol–water partition coefficient (Wildman–Crippen LogP) is 2.35. The van der Waals surface area contributed by atoms with E-state index in [9.17, 15) is 9.50 Å². The standard InChI is InChI=1S/C20H20FN3O3/c21-18-13(2-1-7-23-18)11-3-5-16-14(8-11)20(10-26-19(22)24-20)15-9-12(25)4-6-17(15)27-16/h1-3,5,7-8,12,15,17,25H,4,6,9-10H2,(H2,22,24). The van der Waals surface area contributed by atoms with Gasteiger partial charge in [-0.15, -0.1) is 0 Å². The topological polar surface area (TPSA) is 90.0 Å². The number of fused-ring (bicyclic) bond motifs is 4. The summed E-state index contributed by atoms with van der Waals surface area (Å²) in [6.45, 7) is 0.294. The van der Waals surface area contributed by atoms with E-state index in [4.69, 9.17) is 15.2 Å². The first-order valence-electron chi connectivity index (χ1n) is 9.15. The molecular weight excluding hydrogens is 349 g/mol. The number of aliphatic imine (C=N–C) groups is 1. The Kier molecular flexibility index (Phi) is 3.62. The lowest BCUT2D eigenvalue weighted by Gasteiger charge is -2.47. The van der Waals surface area contributed by atoms with Crippen molar-refractivity contribution in [3.05, 3.63) is 48.0 Å². The van der Waals surface area contributed by atoms with Gasteiger partial charge in [0.05, 0.1) is 6.10 Å². The van der Waals surface area contributed by atoms with Gasteiger partial charge in [0.25, 0.3) is 6.02 Å².